The fourth-order valence-corrected chi connectivity index (χ4v) is 2.74. The van der Waals surface area contributed by atoms with Crippen molar-refractivity contribution in [1.29, 1.82) is 0 Å². The van der Waals surface area contributed by atoms with E-state index in [0.717, 1.165) is 6.21 Å². The molecule has 3 aromatic rings. The average Bonchev–Trinajstić information content (AvgIpc) is 2.89. The molecule has 0 saturated carbocycles. The number of phenolic OH excluding ortho intramolecular Hbond substituents is 2. The van der Waals surface area contributed by atoms with Crippen molar-refractivity contribution in [2.45, 2.75) is 4.90 Å². The molecule has 0 fully saturated rings. The number of H-pyrrole nitrogens is 1. The molecule has 0 spiro atoms. The van der Waals surface area contributed by atoms with Crippen LogP contribution in [0, 0.1) is 0 Å². The maximum Gasteiger partial charge on any atom is 0.417 e. The molecule has 0 aliphatic rings. The number of sulfonamides is 1. The minimum atomic E-state index is -3.97. The van der Waals surface area contributed by atoms with E-state index in [0.29, 0.717) is 11.1 Å². The minimum absolute atomic E-state index is 0.107. The van der Waals surface area contributed by atoms with Crippen LogP contribution < -0.4 is 10.6 Å². The lowest BCUT2D eigenvalue weighted by molar-refractivity contribution is 0.403. The number of benzene rings is 2. The Morgan fingerprint density at radius 3 is 2.67 bits per heavy atom. The lowest BCUT2D eigenvalue weighted by atomic mass is 10.2. The molecule has 4 N–H and O–H groups in total. The lowest BCUT2D eigenvalue weighted by Gasteiger charge is -2.03. The van der Waals surface area contributed by atoms with Crippen LogP contribution in [-0.2, 0) is 10.0 Å². The molecule has 0 atom stereocenters. The molecule has 1 aromatic heterocycles. The monoisotopic (exact) mass is 349 g/mol. The molecule has 9 nitrogen and oxygen atoms in total. The van der Waals surface area contributed by atoms with E-state index in [-0.39, 0.29) is 22.0 Å². The van der Waals surface area contributed by atoms with E-state index in [4.69, 9.17) is 4.42 Å². The fraction of sp³-hybridized carbons (Fsp3) is 0. The summed E-state index contributed by atoms with van der Waals surface area (Å²) in [5.41, 5.74) is 0.859. The molecule has 0 unspecified atom stereocenters. The molecule has 10 heteroatoms. The van der Waals surface area contributed by atoms with Crippen LogP contribution in [0.4, 0.5) is 0 Å². The third-order valence-corrected chi connectivity index (χ3v) is 4.31. The maximum absolute atomic E-state index is 12.1. The van der Waals surface area contributed by atoms with Gasteiger partial charge in [0, 0.05) is 6.07 Å². The molecule has 2 aromatic carbocycles. The van der Waals surface area contributed by atoms with Crippen molar-refractivity contribution in [2.75, 3.05) is 0 Å². The molecule has 24 heavy (non-hydrogen) atoms. The minimum Gasteiger partial charge on any atom is -0.504 e. The molecule has 0 aliphatic carbocycles. The Labute approximate surface area is 134 Å². The summed E-state index contributed by atoms with van der Waals surface area (Å²) < 4.78 is 29.1. The first kappa shape index (κ1) is 15.6. The van der Waals surface area contributed by atoms with E-state index in [1.807, 2.05) is 4.83 Å². The first-order valence-corrected chi connectivity index (χ1v) is 8.03. The number of oxazole rings is 1. The average molecular weight is 349 g/mol. The molecule has 0 bridgehead atoms. The van der Waals surface area contributed by atoms with Gasteiger partial charge in [-0.1, -0.05) is 0 Å². The summed E-state index contributed by atoms with van der Waals surface area (Å²) in [6.45, 7) is 0. The van der Waals surface area contributed by atoms with E-state index in [1.165, 1.54) is 36.4 Å². The second kappa shape index (κ2) is 5.74. The molecule has 0 amide bonds. The molecule has 124 valence electrons. The normalized spacial score (nSPS) is 12.0. The first-order chi connectivity index (χ1) is 11.3. The summed E-state index contributed by atoms with van der Waals surface area (Å²) in [4.78, 5) is 15.3. The third kappa shape index (κ3) is 3.08. The zero-order valence-electron chi connectivity index (χ0n) is 11.9. The van der Waals surface area contributed by atoms with Crippen LogP contribution >= 0.6 is 0 Å². The maximum atomic E-state index is 12.1. The number of aromatic amines is 1. The predicted octanol–water partition coefficient (Wildman–Crippen LogP) is 0.845. The van der Waals surface area contributed by atoms with Crippen molar-refractivity contribution >= 4 is 27.3 Å². The van der Waals surface area contributed by atoms with Crippen molar-refractivity contribution < 1.29 is 23.0 Å². The van der Waals surface area contributed by atoms with Crippen molar-refractivity contribution in [1.82, 2.24) is 9.82 Å². The van der Waals surface area contributed by atoms with Crippen LogP contribution in [0.2, 0.25) is 0 Å². The van der Waals surface area contributed by atoms with Crippen LogP contribution in [0.1, 0.15) is 5.56 Å². The molecule has 0 radical (unpaired) electrons. The lowest BCUT2D eigenvalue weighted by Crippen LogP contribution is -2.18. The van der Waals surface area contributed by atoms with Gasteiger partial charge in [-0.05, 0) is 35.9 Å². The summed E-state index contributed by atoms with van der Waals surface area (Å²) in [6.07, 6.45) is 1.16. The van der Waals surface area contributed by atoms with Crippen LogP contribution in [0.15, 0.2) is 55.6 Å². The van der Waals surface area contributed by atoms with Gasteiger partial charge in [0.05, 0.1) is 16.6 Å². The van der Waals surface area contributed by atoms with Crippen molar-refractivity contribution in [2.24, 2.45) is 5.10 Å². The van der Waals surface area contributed by atoms with E-state index in [1.54, 1.807) is 0 Å². The second-order valence-corrected chi connectivity index (χ2v) is 6.43. The number of fused-ring (bicyclic) bond motifs is 1. The van der Waals surface area contributed by atoms with Crippen molar-refractivity contribution in [3.63, 3.8) is 0 Å². The SMILES string of the molecule is O=c1[nH]c2ccc(S(=O)(=O)N/N=C/c3ccc(O)c(O)c3)cc2o1. The van der Waals surface area contributed by atoms with Gasteiger partial charge in [-0.25, -0.2) is 9.63 Å². The zero-order valence-corrected chi connectivity index (χ0v) is 12.7. The number of nitrogens with one attached hydrogen (secondary N) is 2. The number of rotatable bonds is 4. The molecule has 3 rings (SSSR count). The van der Waals surface area contributed by atoms with Gasteiger partial charge in [0.25, 0.3) is 10.0 Å². The second-order valence-electron chi connectivity index (χ2n) is 4.77. The van der Waals surface area contributed by atoms with E-state index >= 15 is 0 Å². The largest absolute Gasteiger partial charge is 0.504 e. The Balaban J connectivity index is 1.82. The molecular weight excluding hydrogens is 338 g/mol. The number of hydrogen-bond acceptors (Lipinski definition) is 7. The Hall–Kier alpha value is -3.27. The van der Waals surface area contributed by atoms with Crippen LogP contribution in [0.25, 0.3) is 11.1 Å². The standard InChI is InChI=1S/C14H11N3O6S/c18-11-4-1-8(5-12(11)19)7-15-17-24(21,22)9-2-3-10-13(6-9)23-14(20)16-10/h1-7,17-19H,(H,16,20)/b15-7+. The van der Waals surface area contributed by atoms with Crippen molar-refractivity contribution in [3.8, 4) is 11.5 Å². The molecular formula is C14H11N3O6S. The zero-order chi connectivity index (χ0) is 17.3. The van der Waals surface area contributed by atoms with Gasteiger partial charge in [-0.3, -0.25) is 4.98 Å². The van der Waals surface area contributed by atoms with E-state index in [2.05, 4.69) is 10.1 Å². The van der Waals surface area contributed by atoms with Gasteiger partial charge in [-0.2, -0.15) is 13.5 Å². The van der Waals surface area contributed by atoms with Gasteiger partial charge in [0.1, 0.15) is 0 Å². The number of nitrogens with zero attached hydrogens (tertiary/aromatic N) is 1. The topological polar surface area (TPSA) is 145 Å². The van der Waals surface area contributed by atoms with Gasteiger partial charge in [-0.15, -0.1) is 0 Å². The summed E-state index contributed by atoms with van der Waals surface area (Å²) in [5, 5.41) is 22.1. The Morgan fingerprint density at radius 1 is 1.12 bits per heavy atom. The highest BCUT2D eigenvalue weighted by Gasteiger charge is 2.15. The summed E-state index contributed by atoms with van der Waals surface area (Å²) in [5.74, 6) is -1.33. The van der Waals surface area contributed by atoms with Gasteiger partial charge < -0.3 is 14.6 Å². The van der Waals surface area contributed by atoms with Crippen LogP contribution in [0.3, 0.4) is 0 Å². The smallest absolute Gasteiger partial charge is 0.417 e. The Morgan fingerprint density at radius 2 is 1.92 bits per heavy atom. The van der Waals surface area contributed by atoms with Gasteiger partial charge >= 0.3 is 5.76 Å². The molecule has 0 saturated heterocycles. The Kier molecular flexibility index (Phi) is 3.73. The summed E-state index contributed by atoms with van der Waals surface area (Å²) in [6, 6.07) is 7.78. The van der Waals surface area contributed by atoms with Crippen molar-refractivity contribution in [3.05, 3.63) is 52.5 Å². The number of hydrazone groups is 1. The Bertz CT molecular complexity index is 1100. The quantitative estimate of drug-likeness (QED) is 0.312. The number of aromatic nitrogens is 1. The summed E-state index contributed by atoms with van der Waals surface area (Å²) in [7, 11) is -3.97. The predicted molar refractivity (Wildman–Crippen MR) is 84.5 cm³/mol. The van der Waals surface area contributed by atoms with Gasteiger partial charge in [0.15, 0.2) is 17.1 Å². The highest BCUT2D eigenvalue weighted by Crippen LogP contribution is 2.24. The van der Waals surface area contributed by atoms with Gasteiger partial charge in [0.2, 0.25) is 0 Å². The number of aromatic hydroxyl groups is 2. The molecule has 0 aliphatic heterocycles. The number of phenols is 2. The van der Waals surface area contributed by atoms with Crippen LogP contribution in [0.5, 0.6) is 11.5 Å². The summed E-state index contributed by atoms with van der Waals surface area (Å²) >= 11 is 0. The van der Waals surface area contributed by atoms with E-state index < -0.39 is 15.8 Å². The highest BCUT2D eigenvalue weighted by atomic mass is 32.2. The first-order valence-electron chi connectivity index (χ1n) is 6.55. The highest BCUT2D eigenvalue weighted by molar-refractivity contribution is 7.89. The number of hydrogen-bond donors (Lipinski definition) is 4. The molecule has 1 heterocycles. The van der Waals surface area contributed by atoms with Crippen LogP contribution in [-0.4, -0.2) is 29.8 Å². The third-order valence-electron chi connectivity index (χ3n) is 3.09. The van der Waals surface area contributed by atoms with E-state index in [9.17, 15) is 23.4 Å². The fourth-order valence-electron chi connectivity index (χ4n) is 1.94.